The molecule has 0 saturated heterocycles. The highest BCUT2D eigenvalue weighted by atomic mass is 32.2. The van der Waals surface area contributed by atoms with Gasteiger partial charge in [-0.1, -0.05) is 38.0 Å². The van der Waals surface area contributed by atoms with Crippen molar-refractivity contribution in [3.63, 3.8) is 0 Å². The lowest BCUT2D eigenvalue weighted by molar-refractivity contribution is 0.505. The molecular formula is C14H23NS. The molecular weight excluding hydrogens is 214 g/mol. The Kier molecular flexibility index (Phi) is 5.93. The van der Waals surface area contributed by atoms with Gasteiger partial charge in [0.05, 0.1) is 0 Å². The van der Waals surface area contributed by atoms with E-state index in [4.69, 9.17) is 5.73 Å². The van der Waals surface area contributed by atoms with Gasteiger partial charge in [0.15, 0.2) is 0 Å². The molecule has 1 aromatic rings. The SMILES string of the molecule is CCCC(C)C(CN)Sc1ccc(C)cc1. The molecule has 2 heteroatoms. The predicted octanol–water partition coefficient (Wildman–Crippen LogP) is 3.85. The molecule has 0 saturated carbocycles. The second-order valence-electron chi connectivity index (χ2n) is 4.47. The molecule has 0 amide bonds. The van der Waals surface area contributed by atoms with Gasteiger partial charge in [-0.25, -0.2) is 0 Å². The van der Waals surface area contributed by atoms with E-state index in [9.17, 15) is 0 Å². The van der Waals surface area contributed by atoms with Crippen molar-refractivity contribution >= 4 is 11.8 Å². The number of nitrogens with two attached hydrogens (primary N) is 1. The number of rotatable bonds is 6. The Labute approximate surface area is 104 Å². The third-order valence-electron chi connectivity index (χ3n) is 2.92. The minimum absolute atomic E-state index is 0.544. The van der Waals surface area contributed by atoms with E-state index in [1.807, 2.05) is 11.8 Å². The minimum atomic E-state index is 0.544. The van der Waals surface area contributed by atoms with Gasteiger partial charge in [0, 0.05) is 16.7 Å². The smallest absolute Gasteiger partial charge is 0.0243 e. The summed E-state index contributed by atoms with van der Waals surface area (Å²) in [4.78, 5) is 1.34. The standard InChI is InChI=1S/C14H23NS/c1-4-5-12(3)14(10-15)16-13-8-6-11(2)7-9-13/h6-9,12,14H,4-5,10,15H2,1-3H3. The van der Waals surface area contributed by atoms with Crippen LogP contribution in [0.15, 0.2) is 29.2 Å². The largest absolute Gasteiger partial charge is 0.329 e. The van der Waals surface area contributed by atoms with Gasteiger partial charge in [-0.05, 0) is 31.4 Å². The molecule has 0 radical (unpaired) electrons. The fraction of sp³-hybridized carbons (Fsp3) is 0.571. The van der Waals surface area contributed by atoms with Gasteiger partial charge >= 0.3 is 0 Å². The van der Waals surface area contributed by atoms with Crippen LogP contribution >= 0.6 is 11.8 Å². The monoisotopic (exact) mass is 237 g/mol. The Hall–Kier alpha value is -0.470. The van der Waals surface area contributed by atoms with Crippen molar-refractivity contribution < 1.29 is 0 Å². The molecule has 0 fully saturated rings. The summed E-state index contributed by atoms with van der Waals surface area (Å²) in [5, 5.41) is 0.544. The Balaban J connectivity index is 2.59. The van der Waals surface area contributed by atoms with Crippen LogP contribution in [0.3, 0.4) is 0 Å². The van der Waals surface area contributed by atoms with E-state index in [1.54, 1.807) is 0 Å². The van der Waals surface area contributed by atoms with Gasteiger partial charge in [0.25, 0.3) is 0 Å². The molecule has 0 aliphatic rings. The second-order valence-corrected chi connectivity index (χ2v) is 5.78. The van der Waals surface area contributed by atoms with E-state index >= 15 is 0 Å². The molecule has 2 atom stereocenters. The number of hydrogen-bond acceptors (Lipinski definition) is 2. The number of benzene rings is 1. The average Bonchev–Trinajstić information content (AvgIpc) is 2.28. The quantitative estimate of drug-likeness (QED) is 0.761. The molecule has 1 rings (SSSR count). The van der Waals surface area contributed by atoms with Crippen molar-refractivity contribution in [3.05, 3.63) is 29.8 Å². The molecule has 0 heterocycles. The third-order valence-corrected chi connectivity index (χ3v) is 4.42. The van der Waals surface area contributed by atoms with Crippen LogP contribution in [0.4, 0.5) is 0 Å². The van der Waals surface area contributed by atoms with Gasteiger partial charge in [0.2, 0.25) is 0 Å². The summed E-state index contributed by atoms with van der Waals surface area (Å²) >= 11 is 1.92. The molecule has 1 aromatic carbocycles. The first-order chi connectivity index (χ1) is 7.67. The lowest BCUT2D eigenvalue weighted by Gasteiger charge is -2.21. The van der Waals surface area contributed by atoms with Crippen LogP contribution in [0.25, 0.3) is 0 Å². The van der Waals surface area contributed by atoms with Crippen molar-refractivity contribution in [1.29, 1.82) is 0 Å². The summed E-state index contributed by atoms with van der Waals surface area (Å²) in [6.45, 7) is 7.43. The summed E-state index contributed by atoms with van der Waals surface area (Å²) in [6, 6.07) is 8.73. The molecule has 0 spiro atoms. The summed E-state index contributed by atoms with van der Waals surface area (Å²) in [7, 11) is 0. The Morgan fingerprint density at radius 2 is 1.88 bits per heavy atom. The lowest BCUT2D eigenvalue weighted by atomic mass is 10.0. The maximum atomic E-state index is 5.86. The number of aryl methyl sites for hydroxylation is 1. The first-order valence-electron chi connectivity index (χ1n) is 6.10. The van der Waals surface area contributed by atoms with Gasteiger partial charge in [-0.3, -0.25) is 0 Å². The number of thioether (sulfide) groups is 1. The summed E-state index contributed by atoms with van der Waals surface area (Å²) in [6.07, 6.45) is 2.51. The van der Waals surface area contributed by atoms with Gasteiger partial charge in [0.1, 0.15) is 0 Å². The Morgan fingerprint density at radius 1 is 1.25 bits per heavy atom. The zero-order valence-corrected chi connectivity index (χ0v) is 11.4. The van der Waals surface area contributed by atoms with Crippen LogP contribution in [0.5, 0.6) is 0 Å². The zero-order chi connectivity index (χ0) is 12.0. The van der Waals surface area contributed by atoms with E-state index in [2.05, 4.69) is 45.0 Å². The summed E-state index contributed by atoms with van der Waals surface area (Å²) in [5.74, 6) is 0.696. The van der Waals surface area contributed by atoms with Crippen LogP contribution in [-0.2, 0) is 0 Å². The molecule has 0 aliphatic heterocycles. The molecule has 16 heavy (non-hydrogen) atoms. The van der Waals surface area contributed by atoms with Gasteiger partial charge in [-0.2, -0.15) is 0 Å². The highest BCUT2D eigenvalue weighted by Gasteiger charge is 2.16. The first kappa shape index (κ1) is 13.6. The molecule has 0 aliphatic carbocycles. The topological polar surface area (TPSA) is 26.0 Å². The highest BCUT2D eigenvalue weighted by Crippen LogP contribution is 2.29. The van der Waals surface area contributed by atoms with Crippen molar-refractivity contribution in [1.82, 2.24) is 0 Å². The molecule has 2 N–H and O–H groups in total. The summed E-state index contributed by atoms with van der Waals surface area (Å²) < 4.78 is 0. The van der Waals surface area contributed by atoms with Crippen LogP contribution < -0.4 is 5.73 Å². The van der Waals surface area contributed by atoms with E-state index in [0.29, 0.717) is 11.2 Å². The Bertz CT molecular complexity index is 294. The van der Waals surface area contributed by atoms with Crippen molar-refractivity contribution in [3.8, 4) is 0 Å². The maximum absolute atomic E-state index is 5.86. The zero-order valence-electron chi connectivity index (χ0n) is 10.6. The van der Waals surface area contributed by atoms with Crippen molar-refractivity contribution in [2.45, 2.75) is 43.8 Å². The van der Waals surface area contributed by atoms with Crippen LogP contribution in [-0.4, -0.2) is 11.8 Å². The minimum Gasteiger partial charge on any atom is -0.329 e. The van der Waals surface area contributed by atoms with Crippen LogP contribution in [0, 0.1) is 12.8 Å². The van der Waals surface area contributed by atoms with E-state index in [0.717, 1.165) is 6.54 Å². The second kappa shape index (κ2) is 6.97. The van der Waals surface area contributed by atoms with E-state index in [-0.39, 0.29) is 0 Å². The summed E-state index contributed by atoms with van der Waals surface area (Å²) in [5.41, 5.74) is 7.18. The molecule has 1 nitrogen and oxygen atoms in total. The predicted molar refractivity (Wildman–Crippen MR) is 74.0 cm³/mol. The van der Waals surface area contributed by atoms with E-state index in [1.165, 1.54) is 23.3 Å². The van der Waals surface area contributed by atoms with Crippen LogP contribution in [0.1, 0.15) is 32.3 Å². The molecule has 2 unspecified atom stereocenters. The Morgan fingerprint density at radius 3 is 2.38 bits per heavy atom. The van der Waals surface area contributed by atoms with Crippen molar-refractivity contribution in [2.75, 3.05) is 6.54 Å². The van der Waals surface area contributed by atoms with Gasteiger partial charge < -0.3 is 5.73 Å². The molecule has 90 valence electrons. The number of hydrogen-bond donors (Lipinski definition) is 1. The molecule has 0 bridgehead atoms. The highest BCUT2D eigenvalue weighted by molar-refractivity contribution is 8.00. The fourth-order valence-corrected chi connectivity index (χ4v) is 2.94. The van der Waals surface area contributed by atoms with Gasteiger partial charge in [-0.15, -0.1) is 11.8 Å². The lowest BCUT2D eigenvalue weighted by Crippen LogP contribution is -2.24. The van der Waals surface area contributed by atoms with Crippen molar-refractivity contribution in [2.24, 2.45) is 11.7 Å². The van der Waals surface area contributed by atoms with Crippen LogP contribution in [0.2, 0.25) is 0 Å². The van der Waals surface area contributed by atoms with E-state index < -0.39 is 0 Å². The fourth-order valence-electron chi connectivity index (χ4n) is 1.83. The third kappa shape index (κ3) is 4.18. The normalized spacial score (nSPS) is 14.8. The average molecular weight is 237 g/mol. The molecule has 0 aromatic heterocycles. The maximum Gasteiger partial charge on any atom is 0.0243 e. The first-order valence-corrected chi connectivity index (χ1v) is 6.98.